The molecule has 2 fully saturated rings. The van der Waals surface area contributed by atoms with Crippen LogP contribution in [-0.2, 0) is 14.1 Å². The minimum atomic E-state index is -0.516. The lowest BCUT2D eigenvalue weighted by atomic mass is 10.2. The zero-order chi connectivity index (χ0) is 23.7. The second kappa shape index (κ2) is 7.34. The SMILES string of the molecule is CN(c1nc(-c2ccncc2F)cc(=O)n1C)[C@@H]1[C@@H]2CN(c3nc4cc(F)ccc4n3C)C[C@@H]21. The van der Waals surface area contributed by atoms with Crippen molar-refractivity contribution in [1.29, 1.82) is 0 Å². The third-order valence-electron chi connectivity index (χ3n) is 7.17. The summed E-state index contributed by atoms with van der Waals surface area (Å²) in [6.45, 7) is 1.62. The Morgan fingerprint density at radius 3 is 2.53 bits per heavy atom. The number of anilines is 2. The molecule has 3 aromatic heterocycles. The van der Waals surface area contributed by atoms with Crippen LogP contribution in [0.4, 0.5) is 20.7 Å². The predicted molar refractivity (Wildman–Crippen MR) is 125 cm³/mol. The van der Waals surface area contributed by atoms with Gasteiger partial charge in [-0.15, -0.1) is 0 Å². The van der Waals surface area contributed by atoms with Crippen LogP contribution < -0.4 is 15.4 Å². The third kappa shape index (κ3) is 3.08. The molecule has 10 heteroatoms. The van der Waals surface area contributed by atoms with Crippen LogP contribution >= 0.6 is 0 Å². The molecule has 0 unspecified atom stereocenters. The van der Waals surface area contributed by atoms with Crippen LogP contribution in [0.25, 0.3) is 22.3 Å². The number of piperidine rings is 1. The lowest BCUT2D eigenvalue weighted by molar-refractivity contribution is 0.623. The molecule has 4 heterocycles. The molecule has 0 amide bonds. The van der Waals surface area contributed by atoms with Crippen molar-refractivity contribution in [2.45, 2.75) is 6.04 Å². The molecule has 0 bridgehead atoms. The monoisotopic (exact) mass is 463 g/mol. The highest BCUT2D eigenvalue weighted by molar-refractivity contribution is 5.79. The van der Waals surface area contributed by atoms with Gasteiger partial charge in [0.1, 0.15) is 5.82 Å². The first kappa shape index (κ1) is 20.8. The van der Waals surface area contributed by atoms with Gasteiger partial charge in [-0.2, -0.15) is 0 Å². The fourth-order valence-corrected chi connectivity index (χ4v) is 5.37. The van der Waals surface area contributed by atoms with Crippen LogP contribution in [0.1, 0.15) is 0 Å². The van der Waals surface area contributed by atoms with Gasteiger partial charge in [-0.1, -0.05) is 0 Å². The van der Waals surface area contributed by atoms with Crippen molar-refractivity contribution in [2.75, 3.05) is 29.9 Å². The summed E-state index contributed by atoms with van der Waals surface area (Å²) in [6, 6.07) is 7.74. The Morgan fingerprint density at radius 1 is 1.03 bits per heavy atom. The van der Waals surface area contributed by atoms with Crippen LogP contribution in [0.2, 0.25) is 0 Å². The lowest BCUT2D eigenvalue weighted by Crippen LogP contribution is -2.36. The lowest BCUT2D eigenvalue weighted by Gasteiger charge is -2.26. The van der Waals surface area contributed by atoms with E-state index in [1.165, 1.54) is 35.0 Å². The molecular weight excluding hydrogens is 440 g/mol. The zero-order valence-corrected chi connectivity index (χ0v) is 19.0. The molecule has 4 aromatic rings. The highest BCUT2D eigenvalue weighted by atomic mass is 19.1. The molecule has 2 aliphatic rings. The molecule has 0 spiro atoms. The van der Waals surface area contributed by atoms with Gasteiger partial charge in [0, 0.05) is 76.0 Å². The number of rotatable bonds is 4. The highest BCUT2D eigenvalue weighted by Crippen LogP contribution is 2.50. The summed E-state index contributed by atoms with van der Waals surface area (Å²) < 4.78 is 31.4. The van der Waals surface area contributed by atoms with Crippen molar-refractivity contribution in [2.24, 2.45) is 25.9 Å². The maximum Gasteiger partial charge on any atom is 0.255 e. The smallest absolute Gasteiger partial charge is 0.255 e. The molecule has 6 rings (SSSR count). The van der Waals surface area contributed by atoms with E-state index in [0.717, 1.165) is 30.8 Å². The van der Waals surface area contributed by atoms with Crippen molar-refractivity contribution in [3.63, 3.8) is 0 Å². The number of hydrogen-bond acceptors (Lipinski definition) is 6. The molecular formula is C24H23F2N7O. The number of aryl methyl sites for hydroxylation is 1. The van der Waals surface area contributed by atoms with Crippen LogP contribution in [0.3, 0.4) is 0 Å². The van der Waals surface area contributed by atoms with Crippen molar-refractivity contribution >= 4 is 22.9 Å². The number of benzene rings is 1. The van der Waals surface area contributed by atoms with Gasteiger partial charge >= 0.3 is 0 Å². The van der Waals surface area contributed by atoms with E-state index in [4.69, 9.17) is 0 Å². The maximum atomic E-state index is 14.3. The zero-order valence-electron chi connectivity index (χ0n) is 19.0. The van der Waals surface area contributed by atoms with Gasteiger partial charge in [0.2, 0.25) is 11.9 Å². The van der Waals surface area contributed by atoms with Crippen LogP contribution in [0.15, 0.2) is 47.5 Å². The van der Waals surface area contributed by atoms with Gasteiger partial charge in [-0.05, 0) is 18.2 Å². The summed E-state index contributed by atoms with van der Waals surface area (Å²) in [5, 5.41) is 0. The predicted octanol–water partition coefficient (Wildman–Crippen LogP) is 2.58. The summed E-state index contributed by atoms with van der Waals surface area (Å²) in [5.41, 5.74) is 1.84. The van der Waals surface area contributed by atoms with E-state index >= 15 is 0 Å². The highest BCUT2D eigenvalue weighted by Gasteiger charge is 2.59. The Bertz CT molecular complexity index is 1480. The van der Waals surface area contributed by atoms with Gasteiger partial charge in [-0.25, -0.2) is 18.7 Å². The van der Waals surface area contributed by atoms with Crippen LogP contribution in [0, 0.1) is 23.5 Å². The van der Waals surface area contributed by atoms with E-state index in [2.05, 4.69) is 19.9 Å². The molecule has 3 atom stereocenters. The first-order valence-electron chi connectivity index (χ1n) is 11.1. The molecule has 1 aliphatic heterocycles. The van der Waals surface area contributed by atoms with Gasteiger partial charge in [0.25, 0.3) is 5.56 Å². The summed E-state index contributed by atoms with van der Waals surface area (Å²) in [4.78, 5) is 30.0. The Labute approximate surface area is 194 Å². The van der Waals surface area contributed by atoms with E-state index in [-0.39, 0.29) is 23.0 Å². The topological polar surface area (TPSA) is 72.1 Å². The maximum absolute atomic E-state index is 14.3. The second-order valence-electron chi connectivity index (χ2n) is 9.13. The largest absolute Gasteiger partial charge is 0.342 e. The van der Waals surface area contributed by atoms with Crippen molar-refractivity contribution in [3.8, 4) is 11.3 Å². The molecule has 0 N–H and O–H groups in total. The standard InChI is InChI=1S/C24H23F2N7O/c1-30-20-5-4-13(25)8-19(20)29-24(30)33-11-15-16(12-33)22(15)32(3)23-28-18(9-21(34)31(23)2)14-6-7-27-10-17(14)26/h4-10,15-16,22H,11-12H2,1-3H3/t15-,16+,22-. The average molecular weight is 463 g/mol. The summed E-state index contributed by atoms with van der Waals surface area (Å²) in [6.07, 6.45) is 2.60. The Hall–Kier alpha value is -3.82. The number of halogens is 2. The minimum absolute atomic E-state index is 0.221. The Balaban J connectivity index is 1.25. The van der Waals surface area contributed by atoms with E-state index in [1.54, 1.807) is 13.1 Å². The average Bonchev–Trinajstić information content (AvgIpc) is 3.14. The Morgan fingerprint density at radius 2 is 1.79 bits per heavy atom. The van der Waals surface area contributed by atoms with Gasteiger partial charge in [-0.3, -0.25) is 14.3 Å². The number of imidazole rings is 1. The van der Waals surface area contributed by atoms with Gasteiger partial charge in [0.15, 0.2) is 5.82 Å². The van der Waals surface area contributed by atoms with Crippen molar-refractivity contribution in [3.05, 3.63) is 64.7 Å². The molecule has 174 valence electrons. The minimum Gasteiger partial charge on any atom is -0.342 e. The van der Waals surface area contributed by atoms with Gasteiger partial charge < -0.3 is 14.4 Å². The molecule has 0 radical (unpaired) electrons. The fourth-order valence-electron chi connectivity index (χ4n) is 5.37. The molecule has 34 heavy (non-hydrogen) atoms. The molecule has 1 saturated heterocycles. The first-order valence-corrected chi connectivity index (χ1v) is 11.1. The van der Waals surface area contributed by atoms with E-state index in [1.807, 2.05) is 23.6 Å². The normalized spacial score (nSPS) is 21.2. The molecule has 1 aliphatic carbocycles. The van der Waals surface area contributed by atoms with Crippen LogP contribution in [0.5, 0.6) is 0 Å². The number of aromatic nitrogens is 5. The first-order chi connectivity index (χ1) is 16.3. The third-order valence-corrected chi connectivity index (χ3v) is 7.17. The summed E-state index contributed by atoms with van der Waals surface area (Å²) >= 11 is 0. The van der Waals surface area contributed by atoms with Crippen molar-refractivity contribution in [1.82, 2.24) is 24.1 Å². The number of pyridine rings is 1. The quantitative estimate of drug-likeness (QED) is 0.463. The number of nitrogens with zero attached hydrogens (tertiary/aromatic N) is 7. The number of fused-ring (bicyclic) bond motifs is 2. The molecule has 8 nitrogen and oxygen atoms in total. The fraction of sp³-hybridized carbons (Fsp3) is 0.333. The van der Waals surface area contributed by atoms with E-state index in [0.29, 0.717) is 29.0 Å². The summed E-state index contributed by atoms with van der Waals surface area (Å²) in [5.74, 6) is 1.30. The van der Waals surface area contributed by atoms with E-state index in [9.17, 15) is 13.6 Å². The molecule has 1 saturated carbocycles. The van der Waals surface area contributed by atoms with Gasteiger partial charge in [0.05, 0.1) is 22.9 Å². The summed E-state index contributed by atoms with van der Waals surface area (Å²) in [7, 11) is 5.55. The van der Waals surface area contributed by atoms with E-state index < -0.39 is 5.82 Å². The second-order valence-corrected chi connectivity index (χ2v) is 9.13. The van der Waals surface area contributed by atoms with Crippen LogP contribution in [-0.4, -0.2) is 50.3 Å². The van der Waals surface area contributed by atoms with Crippen molar-refractivity contribution < 1.29 is 8.78 Å². The Kier molecular flexibility index (Phi) is 4.48. The number of hydrogen-bond donors (Lipinski definition) is 0. The molecule has 1 aromatic carbocycles.